The van der Waals surface area contributed by atoms with Gasteiger partial charge in [-0.15, -0.1) is 0 Å². The van der Waals surface area contributed by atoms with Crippen LogP contribution in [0.3, 0.4) is 0 Å². The molecule has 0 aliphatic heterocycles. The monoisotopic (exact) mass is 766 g/mol. The summed E-state index contributed by atoms with van der Waals surface area (Å²) in [6, 6.07) is 50.6. The van der Waals surface area contributed by atoms with Gasteiger partial charge in [0.15, 0.2) is 14.3 Å². The summed E-state index contributed by atoms with van der Waals surface area (Å²) < 4.78 is 34.0. The normalized spacial score (nSPS) is 12.1. The molecule has 2 nitrogen and oxygen atoms in total. The zero-order valence-electron chi connectivity index (χ0n) is 33.6. The standard InChI is InChI=1S/C52H48O2P2/c1-33-21-34(2)26-43(25-33)55(53,44-27-35(3)22-36(4)28-44)49-19-17-41-13-9-11-15-47(41)51(49)52-48-16-12-10-14-42(48)18-20-50(52)56(54,45-29-37(5)23-38(6)30-45)46-31-39(7)24-40(8)32-46/h9-32H,1-8H3. The SMILES string of the molecule is Cc1cc(C)cc(P(=O)(c2cc(C)cc(C)c2)c2ccc3ccccc3c2-c2c(P(=O)(c3cc(C)cc(C)c3)c3cc(C)cc(C)c3)ccc3ccccc23)c1. The van der Waals surface area contributed by atoms with Gasteiger partial charge in [-0.25, -0.2) is 0 Å². The van der Waals surface area contributed by atoms with Crippen molar-refractivity contribution in [2.24, 2.45) is 0 Å². The minimum Gasteiger partial charge on any atom is -0.309 e. The molecule has 0 bridgehead atoms. The van der Waals surface area contributed by atoms with E-state index in [0.29, 0.717) is 0 Å². The first-order valence-corrected chi connectivity index (χ1v) is 22.8. The number of fused-ring (bicyclic) bond motifs is 2. The van der Waals surface area contributed by atoms with E-state index in [1.54, 1.807) is 0 Å². The van der Waals surface area contributed by atoms with Crippen LogP contribution in [0.25, 0.3) is 32.7 Å². The summed E-state index contributed by atoms with van der Waals surface area (Å²) in [6.45, 7) is 16.6. The molecule has 0 saturated carbocycles. The van der Waals surface area contributed by atoms with Crippen LogP contribution in [0.1, 0.15) is 44.5 Å². The van der Waals surface area contributed by atoms with Gasteiger partial charge in [0.05, 0.1) is 0 Å². The van der Waals surface area contributed by atoms with Crippen molar-refractivity contribution >= 4 is 67.7 Å². The second-order valence-corrected chi connectivity index (χ2v) is 21.4. The molecule has 0 amide bonds. The van der Waals surface area contributed by atoms with E-state index < -0.39 is 14.3 Å². The summed E-state index contributed by atoms with van der Waals surface area (Å²) in [6.07, 6.45) is 0. The van der Waals surface area contributed by atoms with Crippen LogP contribution in [0.4, 0.5) is 0 Å². The minimum atomic E-state index is -3.61. The van der Waals surface area contributed by atoms with Gasteiger partial charge in [0.1, 0.15) is 0 Å². The zero-order valence-corrected chi connectivity index (χ0v) is 35.4. The molecular formula is C52H48O2P2. The van der Waals surface area contributed by atoms with Gasteiger partial charge in [0.2, 0.25) is 0 Å². The summed E-state index contributed by atoms with van der Waals surface area (Å²) in [5, 5.41) is 8.70. The average molecular weight is 767 g/mol. The molecule has 8 aromatic carbocycles. The minimum absolute atomic E-state index is 0.746. The summed E-state index contributed by atoms with van der Waals surface area (Å²) >= 11 is 0. The molecule has 278 valence electrons. The molecule has 4 heteroatoms. The molecule has 0 aromatic heterocycles. The lowest BCUT2D eigenvalue weighted by atomic mass is 9.93. The number of hydrogen-bond donors (Lipinski definition) is 0. The maximum Gasteiger partial charge on any atom is 0.171 e. The molecule has 0 N–H and O–H groups in total. The van der Waals surface area contributed by atoms with Crippen LogP contribution in [0.15, 0.2) is 146 Å². The maximum absolute atomic E-state index is 17.0. The van der Waals surface area contributed by atoms with Crippen molar-refractivity contribution in [1.29, 1.82) is 0 Å². The lowest BCUT2D eigenvalue weighted by Gasteiger charge is -2.29. The van der Waals surface area contributed by atoms with E-state index in [0.717, 1.165) is 109 Å². The Hall–Kier alpha value is -5.26. The van der Waals surface area contributed by atoms with Gasteiger partial charge in [-0.2, -0.15) is 0 Å². The van der Waals surface area contributed by atoms with Crippen LogP contribution in [0, 0.1) is 55.4 Å². The van der Waals surface area contributed by atoms with Gasteiger partial charge in [0, 0.05) is 43.0 Å². The topological polar surface area (TPSA) is 34.1 Å². The van der Waals surface area contributed by atoms with E-state index in [9.17, 15) is 0 Å². The first kappa shape index (κ1) is 37.7. The zero-order chi connectivity index (χ0) is 39.5. The molecule has 0 atom stereocenters. The van der Waals surface area contributed by atoms with Crippen LogP contribution >= 0.6 is 14.3 Å². The first-order valence-electron chi connectivity index (χ1n) is 19.4. The summed E-state index contributed by atoms with van der Waals surface area (Å²) in [5.74, 6) is 0. The lowest BCUT2D eigenvalue weighted by Crippen LogP contribution is -2.31. The van der Waals surface area contributed by atoms with Gasteiger partial charge >= 0.3 is 0 Å². The molecule has 8 rings (SSSR count). The Labute approximate surface area is 332 Å². The number of rotatable bonds is 7. The fraction of sp³-hybridized carbons (Fsp3) is 0.154. The van der Waals surface area contributed by atoms with Gasteiger partial charge < -0.3 is 9.13 Å². The van der Waals surface area contributed by atoms with E-state index in [4.69, 9.17) is 0 Å². The molecule has 56 heavy (non-hydrogen) atoms. The van der Waals surface area contributed by atoms with Gasteiger partial charge in [-0.3, -0.25) is 0 Å². The lowest BCUT2D eigenvalue weighted by molar-refractivity contribution is 0.591. The smallest absolute Gasteiger partial charge is 0.171 e. The summed E-state index contributed by atoms with van der Waals surface area (Å²) in [5.41, 5.74) is 10.2. The average Bonchev–Trinajstić information content (AvgIpc) is 3.15. The molecule has 0 fully saturated rings. The Morgan fingerprint density at radius 2 is 0.554 bits per heavy atom. The highest BCUT2D eigenvalue weighted by Crippen LogP contribution is 2.52. The Morgan fingerprint density at radius 3 is 0.821 bits per heavy atom. The van der Waals surface area contributed by atoms with Crippen molar-refractivity contribution in [1.82, 2.24) is 0 Å². The fourth-order valence-electron chi connectivity index (χ4n) is 8.95. The van der Waals surface area contributed by atoms with E-state index in [1.807, 2.05) is 0 Å². The van der Waals surface area contributed by atoms with Crippen LogP contribution in [-0.4, -0.2) is 0 Å². The van der Waals surface area contributed by atoms with Crippen LogP contribution in [0.5, 0.6) is 0 Å². The molecule has 0 radical (unpaired) electrons. The highest BCUT2D eigenvalue weighted by atomic mass is 31.2. The molecule has 8 aromatic rings. The fourth-order valence-corrected chi connectivity index (χ4v) is 15.4. The van der Waals surface area contributed by atoms with Crippen LogP contribution in [0.2, 0.25) is 0 Å². The van der Waals surface area contributed by atoms with Crippen molar-refractivity contribution in [3.63, 3.8) is 0 Å². The molecular weight excluding hydrogens is 719 g/mol. The van der Waals surface area contributed by atoms with Crippen LogP contribution in [-0.2, 0) is 9.13 Å². The number of aryl methyl sites for hydroxylation is 8. The summed E-state index contributed by atoms with van der Waals surface area (Å²) in [4.78, 5) is 0. The number of hydrogen-bond acceptors (Lipinski definition) is 2. The van der Waals surface area contributed by atoms with Crippen LogP contribution < -0.4 is 31.8 Å². The molecule has 0 unspecified atom stereocenters. The van der Waals surface area contributed by atoms with E-state index in [2.05, 4.69) is 201 Å². The maximum atomic E-state index is 17.0. The van der Waals surface area contributed by atoms with Gasteiger partial charge in [0.25, 0.3) is 0 Å². The Kier molecular flexibility index (Phi) is 9.65. The van der Waals surface area contributed by atoms with E-state index >= 15 is 9.13 Å². The van der Waals surface area contributed by atoms with Gasteiger partial charge in [-0.05, 0) is 138 Å². The molecule has 0 heterocycles. The predicted octanol–water partition coefficient (Wildman–Crippen LogP) is 11.4. The highest BCUT2D eigenvalue weighted by Gasteiger charge is 2.39. The largest absolute Gasteiger partial charge is 0.309 e. The van der Waals surface area contributed by atoms with Crippen molar-refractivity contribution in [3.8, 4) is 11.1 Å². The third kappa shape index (κ3) is 6.50. The van der Waals surface area contributed by atoms with Crippen molar-refractivity contribution in [2.75, 3.05) is 0 Å². The Balaban J connectivity index is 1.62. The highest BCUT2D eigenvalue weighted by molar-refractivity contribution is 7.86. The second-order valence-electron chi connectivity index (χ2n) is 16.0. The third-order valence-corrected chi connectivity index (χ3v) is 17.1. The van der Waals surface area contributed by atoms with Crippen molar-refractivity contribution in [2.45, 2.75) is 55.4 Å². The Morgan fingerprint density at radius 1 is 0.304 bits per heavy atom. The second kappa shape index (κ2) is 14.4. The van der Waals surface area contributed by atoms with Gasteiger partial charge in [-0.1, -0.05) is 129 Å². The number of benzene rings is 8. The first-order chi connectivity index (χ1) is 26.7. The Bertz CT molecular complexity index is 2580. The quantitative estimate of drug-likeness (QED) is 0.151. The van der Waals surface area contributed by atoms with E-state index in [-0.39, 0.29) is 0 Å². The molecule has 0 saturated heterocycles. The van der Waals surface area contributed by atoms with Crippen molar-refractivity contribution < 1.29 is 9.13 Å². The third-order valence-electron chi connectivity index (χ3n) is 11.0. The molecule has 0 aliphatic rings. The predicted molar refractivity (Wildman–Crippen MR) is 244 cm³/mol. The summed E-state index contributed by atoms with van der Waals surface area (Å²) in [7, 11) is -7.21. The molecule has 0 aliphatic carbocycles. The molecule has 0 spiro atoms. The van der Waals surface area contributed by atoms with E-state index in [1.165, 1.54) is 0 Å². The van der Waals surface area contributed by atoms with Crippen molar-refractivity contribution in [3.05, 3.63) is 190 Å².